The van der Waals surface area contributed by atoms with Crippen molar-refractivity contribution in [3.05, 3.63) is 59.7 Å². The molecule has 176 valence electrons. The molecule has 0 saturated carbocycles. The van der Waals surface area contributed by atoms with E-state index in [1.54, 1.807) is 24.1 Å². The lowest BCUT2D eigenvalue weighted by molar-refractivity contribution is 0.0215. The fraction of sp³-hybridized carbons (Fsp3) is 0.333. The van der Waals surface area contributed by atoms with E-state index in [-0.39, 0.29) is 6.10 Å². The lowest BCUT2D eigenvalue weighted by Crippen LogP contribution is -2.25. The molecule has 4 heterocycles. The first-order chi connectivity index (χ1) is 16.4. The van der Waals surface area contributed by atoms with Crippen molar-refractivity contribution >= 4 is 28.8 Å². The predicted molar refractivity (Wildman–Crippen MR) is 128 cm³/mol. The van der Waals surface area contributed by atoms with Crippen molar-refractivity contribution in [1.29, 1.82) is 0 Å². The van der Waals surface area contributed by atoms with Crippen molar-refractivity contribution in [2.45, 2.75) is 25.7 Å². The van der Waals surface area contributed by atoms with E-state index in [2.05, 4.69) is 25.3 Å². The molecule has 34 heavy (non-hydrogen) atoms. The largest absolute Gasteiger partial charge is 0.389 e. The van der Waals surface area contributed by atoms with Gasteiger partial charge in [0.2, 0.25) is 5.95 Å². The summed E-state index contributed by atoms with van der Waals surface area (Å²) in [5.41, 5.74) is 4.37. The van der Waals surface area contributed by atoms with Crippen LogP contribution in [0, 0.1) is 6.92 Å². The van der Waals surface area contributed by atoms with E-state index in [1.807, 2.05) is 49.1 Å². The van der Waals surface area contributed by atoms with Gasteiger partial charge >= 0.3 is 0 Å². The summed E-state index contributed by atoms with van der Waals surface area (Å²) in [5, 5.41) is 18.8. The van der Waals surface area contributed by atoms with Crippen LogP contribution in [0.15, 0.2) is 42.9 Å². The third kappa shape index (κ3) is 4.18. The minimum absolute atomic E-state index is 0.163. The third-order valence-electron chi connectivity index (χ3n) is 6.29. The molecule has 1 aromatic carbocycles. The fourth-order valence-electron chi connectivity index (χ4n) is 4.46. The van der Waals surface area contributed by atoms with Gasteiger partial charge < -0.3 is 19.7 Å². The van der Waals surface area contributed by atoms with E-state index < -0.39 is 6.10 Å². The van der Waals surface area contributed by atoms with E-state index in [0.717, 1.165) is 34.1 Å². The van der Waals surface area contributed by atoms with Crippen LogP contribution in [0.1, 0.15) is 21.6 Å². The van der Waals surface area contributed by atoms with Gasteiger partial charge in [-0.15, -0.1) is 0 Å². The number of hydrogen-bond acceptors (Lipinski definition) is 8. The highest BCUT2D eigenvalue weighted by molar-refractivity contribution is 5.99. The van der Waals surface area contributed by atoms with Crippen LogP contribution in [0.3, 0.4) is 0 Å². The standard InChI is InChI=1S/C24H27N7O3/c1-15-16(10-30-12-21(33)22(13-30)34-3)11-31(28-15)23-6-7-25-24(27-23)26-18-4-5-20-19(8-18)17(14-32)9-29(20)2/h4-9,11,14,21-22,33H,10,12-13H2,1-3H3,(H,25,26,27)/t21-,22+/m0/s1. The maximum atomic E-state index is 11.4. The highest BCUT2D eigenvalue weighted by Crippen LogP contribution is 2.25. The number of fused-ring (bicyclic) bond motifs is 1. The van der Waals surface area contributed by atoms with Crippen molar-refractivity contribution < 1.29 is 14.6 Å². The Labute approximate surface area is 196 Å². The number of nitrogens with zero attached hydrogens (tertiary/aromatic N) is 6. The number of likely N-dealkylation sites (tertiary alicyclic amines) is 1. The molecule has 2 atom stereocenters. The number of carbonyl (C=O) groups excluding carboxylic acids is 1. The Morgan fingerprint density at radius 2 is 2.12 bits per heavy atom. The summed E-state index contributed by atoms with van der Waals surface area (Å²) in [4.78, 5) is 22.5. The number of aryl methyl sites for hydroxylation is 2. The van der Waals surface area contributed by atoms with Crippen LogP contribution >= 0.6 is 0 Å². The molecule has 0 spiro atoms. The van der Waals surface area contributed by atoms with Gasteiger partial charge in [0.25, 0.3) is 0 Å². The Kier molecular flexibility index (Phi) is 5.86. The van der Waals surface area contributed by atoms with Gasteiger partial charge in [-0.3, -0.25) is 9.69 Å². The molecule has 0 amide bonds. The number of aldehydes is 1. The molecule has 0 unspecified atom stereocenters. The number of β-amino-alcohol motifs (C(OH)–C–C–N with tert-alkyl or cyclic N) is 1. The SMILES string of the molecule is CO[C@@H]1CN(Cc2cn(-c3ccnc(Nc4ccc5c(c4)c(C=O)cn5C)n3)nc2C)C[C@@H]1O. The number of ether oxygens (including phenoxy) is 1. The Hall–Kier alpha value is -3.60. The summed E-state index contributed by atoms with van der Waals surface area (Å²) < 4.78 is 9.01. The topological polar surface area (TPSA) is 110 Å². The number of nitrogens with one attached hydrogen (secondary N) is 1. The fourth-order valence-corrected chi connectivity index (χ4v) is 4.46. The summed E-state index contributed by atoms with van der Waals surface area (Å²) in [6.07, 6.45) is 5.67. The molecule has 10 heteroatoms. The van der Waals surface area contributed by atoms with E-state index in [9.17, 15) is 9.90 Å². The van der Waals surface area contributed by atoms with Crippen LogP contribution in [0.2, 0.25) is 0 Å². The van der Waals surface area contributed by atoms with Gasteiger partial charge in [-0.05, 0) is 25.1 Å². The molecule has 0 aliphatic carbocycles. The molecule has 0 bridgehead atoms. The highest BCUT2D eigenvalue weighted by Gasteiger charge is 2.31. The Morgan fingerprint density at radius 3 is 2.88 bits per heavy atom. The summed E-state index contributed by atoms with van der Waals surface area (Å²) >= 11 is 0. The Balaban J connectivity index is 1.35. The maximum Gasteiger partial charge on any atom is 0.229 e. The molecule has 3 aromatic heterocycles. The van der Waals surface area contributed by atoms with Gasteiger partial charge in [-0.25, -0.2) is 9.67 Å². The zero-order valence-electron chi connectivity index (χ0n) is 19.3. The van der Waals surface area contributed by atoms with Gasteiger partial charge in [0.15, 0.2) is 12.1 Å². The third-order valence-corrected chi connectivity index (χ3v) is 6.29. The molecule has 0 radical (unpaired) electrons. The number of aliphatic hydroxyl groups is 1. The highest BCUT2D eigenvalue weighted by atomic mass is 16.5. The Morgan fingerprint density at radius 1 is 1.26 bits per heavy atom. The minimum Gasteiger partial charge on any atom is -0.389 e. The molecule has 5 rings (SSSR count). The molecule has 1 fully saturated rings. The molecule has 10 nitrogen and oxygen atoms in total. The Bertz CT molecular complexity index is 1350. The number of hydrogen-bond donors (Lipinski definition) is 2. The number of carbonyl (C=O) groups is 1. The smallest absolute Gasteiger partial charge is 0.229 e. The second-order valence-electron chi connectivity index (χ2n) is 8.63. The van der Waals surface area contributed by atoms with Crippen molar-refractivity contribution in [2.75, 3.05) is 25.5 Å². The maximum absolute atomic E-state index is 11.4. The summed E-state index contributed by atoms with van der Waals surface area (Å²) in [7, 11) is 3.54. The average molecular weight is 462 g/mol. The number of rotatable bonds is 7. The molecule has 1 aliphatic rings. The molecule has 1 aliphatic heterocycles. The van der Waals surface area contributed by atoms with Crippen molar-refractivity contribution in [2.24, 2.45) is 7.05 Å². The second kappa shape index (κ2) is 8.98. The first-order valence-corrected chi connectivity index (χ1v) is 11.1. The van der Waals surface area contributed by atoms with Gasteiger partial charge in [0.1, 0.15) is 0 Å². The zero-order valence-corrected chi connectivity index (χ0v) is 19.3. The van der Waals surface area contributed by atoms with Crippen LogP contribution in [0.25, 0.3) is 16.7 Å². The van der Waals surface area contributed by atoms with Gasteiger partial charge in [0, 0.05) is 86.2 Å². The lowest BCUT2D eigenvalue weighted by Gasteiger charge is -2.14. The van der Waals surface area contributed by atoms with E-state index in [4.69, 9.17) is 4.74 Å². The van der Waals surface area contributed by atoms with Crippen molar-refractivity contribution in [3.63, 3.8) is 0 Å². The minimum atomic E-state index is -0.478. The number of aliphatic hydroxyl groups excluding tert-OH is 1. The zero-order chi connectivity index (χ0) is 23.8. The molecule has 4 aromatic rings. The predicted octanol–water partition coefficient (Wildman–Crippen LogP) is 2.21. The molecular formula is C24H27N7O3. The first-order valence-electron chi connectivity index (χ1n) is 11.1. The normalized spacial score (nSPS) is 18.6. The van der Waals surface area contributed by atoms with Crippen LogP contribution < -0.4 is 5.32 Å². The van der Waals surface area contributed by atoms with Crippen LogP contribution in [-0.2, 0) is 18.3 Å². The number of methoxy groups -OCH3 is 1. The molecule has 2 N–H and O–H groups in total. The number of aromatic nitrogens is 5. The van der Waals surface area contributed by atoms with E-state index >= 15 is 0 Å². The summed E-state index contributed by atoms with van der Waals surface area (Å²) in [6, 6.07) is 7.61. The summed E-state index contributed by atoms with van der Waals surface area (Å²) in [6.45, 7) is 3.89. The van der Waals surface area contributed by atoms with Gasteiger partial charge in [-0.1, -0.05) is 0 Å². The summed E-state index contributed by atoms with van der Waals surface area (Å²) in [5.74, 6) is 1.07. The first kappa shape index (κ1) is 22.2. The van der Waals surface area contributed by atoms with Crippen LogP contribution in [0.5, 0.6) is 0 Å². The molecule has 1 saturated heterocycles. The quantitative estimate of drug-likeness (QED) is 0.403. The van der Waals surface area contributed by atoms with Gasteiger partial charge in [-0.2, -0.15) is 10.1 Å². The van der Waals surface area contributed by atoms with Crippen LogP contribution in [-0.4, -0.2) is 73.0 Å². The van der Waals surface area contributed by atoms with Crippen molar-refractivity contribution in [3.8, 4) is 5.82 Å². The average Bonchev–Trinajstić information content (AvgIpc) is 3.48. The number of anilines is 2. The van der Waals surface area contributed by atoms with E-state index in [1.165, 1.54) is 0 Å². The second-order valence-corrected chi connectivity index (χ2v) is 8.63. The lowest BCUT2D eigenvalue weighted by atomic mass is 10.1. The van der Waals surface area contributed by atoms with Gasteiger partial charge in [0.05, 0.1) is 17.9 Å². The van der Waals surface area contributed by atoms with Crippen molar-refractivity contribution in [1.82, 2.24) is 29.2 Å². The van der Waals surface area contributed by atoms with Crippen LogP contribution in [0.4, 0.5) is 11.6 Å². The number of benzene rings is 1. The molecular weight excluding hydrogens is 434 g/mol. The monoisotopic (exact) mass is 461 g/mol. The van der Waals surface area contributed by atoms with E-state index in [0.29, 0.717) is 37.0 Å².